The Bertz CT molecular complexity index is 598. The van der Waals surface area contributed by atoms with Crippen LogP contribution in [-0.4, -0.2) is 10.1 Å². The summed E-state index contributed by atoms with van der Waals surface area (Å²) in [7, 11) is 0. The van der Waals surface area contributed by atoms with Crippen LogP contribution in [0, 0.1) is 0 Å². The van der Waals surface area contributed by atoms with Gasteiger partial charge in [0.2, 0.25) is 0 Å². The molecule has 2 aromatic heterocycles. The summed E-state index contributed by atoms with van der Waals surface area (Å²) < 4.78 is 5.03. The Morgan fingerprint density at radius 2 is 2.18 bits per heavy atom. The molecule has 0 aliphatic rings. The number of fused-ring (bicyclic) bond motifs is 1. The Kier molecular flexibility index (Phi) is 2.63. The van der Waals surface area contributed by atoms with E-state index in [9.17, 15) is 0 Å². The van der Waals surface area contributed by atoms with Gasteiger partial charge in [-0.05, 0) is 17.7 Å². The molecule has 3 aromatic rings. The number of hydrogen-bond acceptors (Lipinski definition) is 3. The first-order valence-corrected chi connectivity index (χ1v) is 5.59. The second kappa shape index (κ2) is 4.43. The van der Waals surface area contributed by atoms with E-state index < -0.39 is 0 Å². The molecular weight excluding hydrogens is 214 g/mol. The van der Waals surface area contributed by atoms with Crippen molar-refractivity contribution in [3.63, 3.8) is 0 Å². The minimum Gasteiger partial charge on any atom is -0.361 e. The van der Waals surface area contributed by atoms with Crippen molar-refractivity contribution in [3.8, 4) is 0 Å². The van der Waals surface area contributed by atoms with Gasteiger partial charge in [0.05, 0.1) is 12.7 Å². The Hall–Kier alpha value is -2.07. The molecule has 0 aliphatic carbocycles. The number of H-pyrrole nitrogens is 1. The van der Waals surface area contributed by atoms with Crippen LogP contribution in [0.3, 0.4) is 0 Å². The maximum atomic E-state index is 5.03. The molecular formula is C13H13N3O. The molecule has 0 atom stereocenters. The van der Waals surface area contributed by atoms with Crippen molar-refractivity contribution < 1.29 is 4.52 Å². The molecule has 0 saturated carbocycles. The third kappa shape index (κ3) is 2.07. The van der Waals surface area contributed by atoms with E-state index in [1.165, 1.54) is 16.5 Å². The van der Waals surface area contributed by atoms with E-state index in [-0.39, 0.29) is 0 Å². The highest BCUT2D eigenvalue weighted by Crippen LogP contribution is 2.17. The van der Waals surface area contributed by atoms with Crippen molar-refractivity contribution in [2.24, 2.45) is 0 Å². The molecule has 0 aliphatic heterocycles. The zero-order chi connectivity index (χ0) is 11.5. The minimum atomic E-state index is 0.695. The number of rotatable bonds is 4. The van der Waals surface area contributed by atoms with E-state index in [2.05, 4.69) is 39.7 Å². The van der Waals surface area contributed by atoms with Crippen LogP contribution in [0.15, 0.2) is 47.2 Å². The van der Waals surface area contributed by atoms with Crippen LogP contribution in [0.5, 0.6) is 0 Å². The minimum absolute atomic E-state index is 0.695. The lowest BCUT2D eigenvalue weighted by Gasteiger charge is -2.04. The molecule has 0 fully saturated rings. The Morgan fingerprint density at radius 1 is 1.18 bits per heavy atom. The quantitative estimate of drug-likeness (QED) is 0.719. The fourth-order valence-corrected chi connectivity index (χ4v) is 1.96. The predicted molar refractivity (Wildman–Crippen MR) is 65.3 cm³/mol. The monoisotopic (exact) mass is 227 g/mol. The molecule has 0 radical (unpaired) electrons. The molecule has 2 N–H and O–H groups in total. The van der Waals surface area contributed by atoms with Crippen LogP contribution in [0.1, 0.15) is 11.3 Å². The van der Waals surface area contributed by atoms with Crippen LogP contribution in [0.25, 0.3) is 10.9 Å². The summed E-state index contributed by atoms with van der Waals surface area (Å²) in [5.41, 5.74) is 2.45. The van der Waals surface area contributed by atoms with Gasteiger partial charge in [0.1, 0.15) is 5.76 Å². The predicted octanol–water partition coefficient (Wildman–Crippen LogP) is 2.45. The highest BCUT2D eigenvalue weighted by molar-refractivity contribution is 5.82. The molecule has 3 rings (SSSR count). The molecule has 0 spiro atoms. The maximum absolute atomic E-state index is 5.03. The van der Waals surface area contributed by atoms with Crippen molar-refractivity contribution in [2.75, 3.05) is 0 Å². The highest BCUT2D eigenvalue weighted by atomic mass is 16.5. The van der Waals surface area contributed by atoms with E-state index in [0.717, 1.165) is 12.3 Å². The third-order valence-corrected chi connectivity index (χ3v) is 2.79. The molecule has 0 bridgehead atoms. The highest BCUT2D eigenvalue weighted by Gasteiger charge is 2.01. The van der Waals surface area contributed by atoms with Crippen molar-refractivity contribution in [3.05, 3.63) is 54.0 Å². The van der Waals surface area contributed by atoms with Gasteiger partial charge in [0.15, 0.2) is 0 Å². The van der Waals surface area contributed by atoms with E-state index in [0.29, 0.717) is 6.54 Å². The van der Waals surface area contributed by atoms with Gasteiger partial charge in [-0.2, -0.15) is 0 Å². The third-order valence-electron chi connectivity index (χ3n) is 2.79. The largest absolute Gasteiger partial charge is 0.361 e. The van der Waals surface area contributed by atoms with Gasteiger partial charge in [0.25, 0.3) is 0 Å². The number of aromatic nitrogens is 2. The lowest BCUT2D eigenvalue weighted by molar-refractivity contribution is 0.373. The Balaban J connectivity index is 1.70. The summed E-state index contributed by atoms with van der Waals surface area (Å²) in [5.74, 6) is 0.853. The molecule has 0 amide bonds. The standard InChI is InChI=1S/C13H13N3O/c1-2-10(12-5-6-15-13(12)3-1)8-14-9-11-4-7-16-17-11/h1-7,14-15H,8-9H2. The van der Waals surface area contributed by atoms with Gasteiger partial charge in [-0.1, -0.05) is 17.3 Å². The van der Waals surface area contributed by atoms with Crippen molar-refractivity contribution >= 4 is 10.9 Å². The van der Waals surface area contributed by atoms with Crippen molar-refractivity contribution in [1.29, 1.82) is 0 Å². The van der Waals surface area contributed by atoms with Gasteiger partial charge >= 0.3 is 0 Å². The molecule has 4 nitrogen and oxygen atoms in total. The van der Waals surface area contributed by atoms with Crippen LogP contribution >= 0.6 is 0 Å². The van der Waals surface area contributed by atoms with Crippen molar-refractivity contribution in [2.45, 2.75) is 13.1 Å². The molecule has 2 heterocycles. The molecule has 4 heteroatoms. The smallest absolute Gasteiger partial charge is 0.150 e. The van der Waals surface area contributed by atoms with E-state index in [1.54, 1.807) is 6.20 Å². The zero-order valence-corrected chi connectivity index (χ0v) is 9.31. The first-order valence-electron chi connectivity index (χ1n) is 5.59. The second-order valence-corrected chi connectivity index (χ2v) is 3.94. The lowest BCUT2D eigenvalue weighted by Crippen LogP contribution is -2.12. The molecule has 17 heavy (non-hydrogen) atoms. The summed E-state index contributed by atoms with van der Waals surface area (Å²) in [6.45, 7) is 1.51. The summed E-state index contributed by atoms with van der Waals surface area (Å²) in [6.07, 6.45) is 3.62. The van der Waals surface area contributed by atoms with E-state index in [1.807, 2.05) is 12.3 Å². The average Bonchev–Trinajstić information content (AvgIpc) is 2.99. The fraction of sp³-hybridized carbons (Fsp3) is 0.154. The first-order chi connectivity index (χ1) is 8.43. The van der Waals surface area contributed by atoms with Crippen LogP contribution in [0.2, 0.25) is 0 Å². The first kappa shape index (κ1) is 10.1. The Morgan fingerprint density at radius 3 is 3.06 bits per heavy atom. The van der Waals surface area contributed by atoms with Crippen LogP contribution in [0.4, 0.5) is 0 Å². The van der Waals surface area contributed by atoms with Gasteiger partial charge in [-0.3, -0.25) is 0 Å². The Labute approximate surface area is 98.6 Å². The SMILES string of the molecule is c1cc(CNCc2ccno2)c2cc[nH]c2c1. The summed E-state index contributed by atoms with van der Waals surface area (Å²) in [6, 6.07) is 10.2. The fourth-order valence-electron chi connectivity index (χ4n) is 1.96. The van der Waals surface area contributed by atoms with Crippen LogP contribution in [-0.2, 0) is 13.1 Å². The molecule has 86 valence electrons. The maximum Gasteiger partial charge on any atom is 0.150 e. The van der Waals surface area contributed by atoms with Gasteiger partial charge in [0, 0.05) is 29.7 Å². The summed E-state index contributed by atoms with van der Waals surface area (Å²) >= 11 is 0. The number of nitrogens with one attached hydrogen (secondary N) is 2. The lowest BCUT2D eigenvalue weighted by atomic mass is 10.1. The van der Waals surface area contributed by atoms with Gasteiger partial charge < -0.3 is 14.8 Å². The number of benzene rings is 1. The van der Waals surface area contributed by atoms with Crippen LogP contribution < -0.4 is 5.32 Å². The molecule has 0 unspecified atom stereocenters. The van der Waals surface area contributed by atoms with E-state index in [4.69, 9.17) is 4.52 Å². The average molecular weight is 227 g/mol. The number of aromatic amines is 1. The van der Waals surface area contributed by atoms with Crippen molar-refractivity contribution in [1.82, 2.24) is 15.5 Å². The number of hydrogen-bond donors (Lipinski definition) is 2. The number of nitrogens with zero attached hydrogens (tertiary/aromatic N) is 1. The summed E-state index contributed by atoms with van der Waals surface area (Å²) in [4.78, 5) is 3.21. The molecule has 1 aromatic carbocycles. The molecule has 0 saturated heterocycles. The van der Waals surface area contributed by atoms with Gasteiger partial charge in [-0.15, -0.1) is 0 Å². The zero-order valence-electron chi connectivity index (χ0n) is 9.31. The van der Waals surface area contributed by atoms with Gasteiger partial charge in [-0.25, -0.2) is 0 Å². The van der Waals surface area contributed by atoms with E-state index >= 15 is 0 Å². The summed E-state index contributed by atoms with van der Waals surface area (Å²) in [5, 5.41) is 8.27. The normalized spacial score (nSPS) is 11.1. The second-order valence-electron chi connectivity index (χ2n) is 3.94. The topological polar surface area (TPSA) is 53.9 Å².